The van der Waals surface area contributed by atoms with Crippen LogP contribution in [-0.4, -0.2) is 26.7 Å². The average Bonchev–Trinajstić information content (AvgIpc) is 2.78. The zero-order chi connectivity index (χ0) is 21.3. The van der Waals surface area contributed by atoms with E-state index >= 15 is 0 Å². The van der Waals surface area contributed by atoms with Crippen LogP contribution in [0.3, 0.4) is 0 Å². The molecule has 0 fully saturated rings. The maximum atomic E-state index is 12.2. The van der Waals surface area contributed by atoms with Crippen LogP contribution >= 0.6 is 0 Å². The second-order valence-electron chi connectivity index (χ2n) is 6.55. The van der Waals surface area contributed by atoms with E-state index in [4.69, 9.17) is 14.2 Å². The van der Waals surface area contributed by atoms with Gasteiger partial charge in [0.1, 0.15) is 12.8 Å². The Bertz CT molecular complexity index is 1030. The van der Waals surface area contributed by atoms with Crippen LogP contribution in [-0.2, 0) is 11.8 Å². The van der Waals surface area contributed by atoms with E-state index < -0.39 is 0 Å². The zero-order valence-electron chi connectivity index (χ0n) is 17.3. The second kappa shape index (κ2) is 10.1. The summed E-state index contributed by atoms with van der Waals surface area (Å²) in [5.41, 5.74) is 2.71. The minimum atomic E-state index is -0.261. The summed E-state index contributed by atoms with van der Waals surface area (Å²) in [7, 11) is 5.16. The van der Waals surface area contributed by atoms with Crippen molar-refractivity contribution in [2.24, 2.45) is 7.05 Å². The second-order valence-corrected chi connectivity index (χ2v) is 6.55. The summed E-state index contributed by atoms with van der Waals surface area (Å²) < 4.78 is 18.2. The largest absolute Gasteiger partial charge is 0.497 e. The molecule has 0 atom stereocenters. The number of pyridine rings is 1. The van der Waals surface area contributed by atoms with Crippen molar-refractivity contribution >= 4 is 23.7 Å². The van der Waals surface area contributed by atoms with E-state index in [1.54, 1.807) is 44.6 Å². The van der Waals surface area contributed by atoms with Crippen LogP contribution in [0.5, 0.6) is 17.2 Å². The fraction of sp³-hybridized carbons (Fsp3) is 0.167. The van der Waals surface area contributed by atoms with Gasteiger partial charge < -0.3 is 19.5 Å². The van der Waals surface area contributed by atoms with E-state index in [2.05, 4.69) is 5.32 Å². The Morgan fingerprint density at radius 2 is 1.77 bits per heavy atom. The van der Waals surface area contributed by atoms with E-state index in [-0.39, 0.29) is 12.5 Å². The fourth-order valence-corrected chi connectivity index (χ4v) is 2.81. The van der Waals surface area contributed by atoms with E-state index in [0.717, 1.165) is 17.0 Å². The number of ether oxygens (including phenoxy) is 3. The number of hydrogen-bond donors (Lipinski definition) is 1. The number of carbonyl (C=O) groups is 1. The molecule has 0 aliphatic heterocycles. The van der Waals surface area contributed by atoms with Crippen LogP contribution in [0.2, 0.25) is 0 Å². The maximum Gasteiger partial charge on any atom is 0.262 e. The summed E-state index contributed by atoms with van der Waals surface area (Å²) >= 11 is 0. The Morgan fingerprint density at radius 1 is 0.967 bits per heavy atom. The molecule has 6 heteroatoms. The number of nitrogens with zero attached hydrogens (tertiary/aromatic N) is 1. The third-order valence-corrected chi connectivity index (χ3v) is 4.46. The standard InChI is InChI=1S/C24H24N2O4/c1-26-15-5-4-6-20(26)11-7-18-8-14-22(23(16-18)29-3)30-17-24(27)25-19-9-12-21(28-2)13-10-19/h4-16H,17H2,1-3H3/p+1/b11-7+. The van der Waals surface area contributed by atoms with Crippen LogP contribution in [0.25, 0.3) is 12.2 Å². The maximum absolute atomic E-state index is 12.2. The van der Waals surface area contributed by atoms with Crippen molar-refractivity contribution in [2.75, 3.05) is 26.1 Å². The van der Waals surface area contributed by atoms with Crippen molar-refractivity contribution in [3.8, 4) is 17.2 Å². The monoisotopic (exact) mass is 405 g/mol. The van der Waals surface area contributed by atoms with Gasteiger partial charge >= 0.3 is 0 Å². The molecule has 0 saturated heterocycles. The predicted molar refractivity (Wildman–Crippen MR) is 117 cm³/mol. The molecule has 0 saturated carbocycles. The lowest BCUT2D eigenvalue weighted by atomic mass is 10.1. The third kappa shape index (κ3) is 5.61. The van der Waals surface area contributed by atoms with Crippen LogP contribution in [0.1, 0.15) is 11.3 Å². The lowest BCUT2D eigenvalue weighted by Gasteiger charge is -2.12. The average molecular weight is 405 g/mol. The molecule has 6 nitrogen and oxygen atoms in total. The van der Waals surface area contributed by atoms with E-state index in [0.29, 0.717) is 17.2 Å². The first-order chi connectivity index (χ1) is 14.6. The molecule has 3 rings (SSSR count). The summed E-state index contributed by atoms with van der Waals surface area (Å²) in [6, 6.07) is 18.7. The molecule has 2 aromatic carbocycles. The zero-order valence-corrected chi connectivity index (χ0v) is 17.3. The van der Waals surface area contributed by atoms with Crippen LogP contribution in [0.4, 0.5) is 5.69 Å². The number of rotatable bonds is 8. The van der Waals surface area contributed by atoms with Gasteiger partial charge in [-0.25, -0.2) is 4.57 Å². The van der Waals surface area contributed by atoms with Crippen LogP contribution < -0.4 is 24.1 Å². The van der Waals surface area contributed by atoms with Gasteiger partial charge in [-0.3, -0.25) is 4.79 Å². The number of aromatic nitrogens is 1. The minimum absolute atomic E-state index is 0.128. The molecule has 0 bridgehead atoms. The highest BCUT2D eigenvalue weighted by atomic mass is 16.5. The Balaban J connectivity index is 1.61. The first-order valence-corrected chi connectivity index (χ1v) is 9.46. The Labute approximate surface area is 176 Å². The van der Waals surface area contributed by atoms with Gasteiger partial charge in [0.15, 0.2) is 24.3 Å². The highest BCUT2D eigenvalue weighted by Gasteiger charge is 2.09. The molecule has 0 spiro atoms. The topological polar surface area (TPSA) is 60.7 Å². The van der Waals surface area contributed by atoms with E-state index in [1.165, 1.54) is 0 Å². The van der Waals surface area contributed by atoms with Gasteiger partial charge in [0, 0.05) is 23.9 Å². The number of hydrogen-bond acceptors (Lipinski definition) is 4. The molecule has 0 unspecified atom stereocenters. The number of anilines is 1. The van der Waals surface area contributed by atoms with Gasteiger partial charge in [0.05, 0.1) is 14.2 Å². The van der Waals surface area contributed by atoms with Crippen molar-refractivity contribution in [1.82, 2.24) is 0 Å². The quantitative estimate of drug-likeness (QED) is 0.581. The molecule has 30 heavy (non-hydrogen) atoms. The number of carbonyl (C=O) groups excluding carboxylic acids is 1. The summed E-state index contributed by atoms with van der Waals surface area (Å²) in [6.07, 6.45) is 6.02. The number of nitrogens with one attached hydrogen (secondary N) is 1. The van der Waals surface area contributed by atoms with Crippen molar-refractivity contribution < 1.29 is 23.6 Å². The van der Waals surface area contributed by atoms with Gasteiger partial charge in [-0.2, -0.15) is 0 Å². The number of aryl methyl sites for hydroxylation is 1. The van der Waals surface area contributed by atoms with Crippen LogP contribution in [0, 0.1) is 0 Å². The summed E-state index contributed by atoms with van der Waals surface area (Å²) in [5.74, 6) is 1.53. The molecule has 0 radical (unpaired) electrons. The number of amides is 1. The van der Waals surface area contributed by atoms with Crippen molar-refractivity contribution in [3.05, 3.63) is 78.1 Å². The number of methoxy groups -OCH3 is 2. The van der Waals surface area contributed by atoms with Gasteiger partial charge in [0.2, 0.25) is 5.69 Å². The van der Waals surface area contributed by atoms with Crippen molar-refractivity contribution in [3.63, 3.8) is 0 Å². The molecule has 0 aliphatic carbocycles. The first kappa shape index (κ1) is 20.9. The predicted octanol–water partition coefficient (Wildman–Crippen LogP) is 3.72. The van der Waals surface area contributed by atoms with E-state index in [1.807, 2.05) is 60.3 Å². The lowest BCUT2D eigenvalue weighted by molar-refractivity contribution is -0.673. The minimum Gasteiger partial charge on any atom is -0.497 e. The molecule has 1 amide bonds. The number of benzene rings is 2. The third-order valence-electron chi connectivity index (χ3n) is 4.46. The Kier molecular flexibility index (Phi) is 7.05. The lowest BCUT2D eigenvalue weighted by Crippen LogP contribution is -2.30. The normalized spacial score (nSPS) is 10.6. The highest BCUT2D eigenvalue weighted by molar-refractivity contribution is 5.92. The van der Waals surface area contributed by atoms with Gasteiger partial charge in [-0.15, -0.1) is 0 Å². The summed E-state index contributed by atoms with van der Waals surface area (Å²) in [4.78, 5) is 12.2. The first-order valence-electron chi connectivity index (χ1n) is 9.46. The molecule has 0 aliphatic rings. The summed E-state index contributed by atoms with van der Waals surface area (Å²) in [5, 5.41) is 2.78. The summed E-state index contributed by atoms with van der Waals surface area (Å²) in [6.45, 7) is -0.128. The highest BCUT2D eigenvalue weighted by Crippen LogP contribution is 2.28. The van der Waals surface area contributed by atoms with Crippen molar-refractivity contribution in [2.45, 2.75) is 0 Å². The molecule has 1 aromatic heterocycles. The molecule has 3 aromatic rings. The van der Waals surface area contributed by atoms with E-state index in [9.17, 15) is 4.79 Å². The Morgan fingerprint density at radius 3 is 2.47 bits per heavy atom. The van der Waals surface area contributed by atoms with Crippen molar-refractivity contribution in [1.29, 1.82) is 0 Å². The molecule has 1 heterocycles. The molecule has 154 valence electrons. The van der Waals surface area contributed by atoms with Crippen LogP contribution in [0.15, 0.2) is 66.9 Å². The van der Waals surface area contributed by atoms with Gasteiger partial charge in [-0.05, 0) is 54.1 Å². The smallest absolute Gasteiger partial charge is 0.262 e. The fourth-order valence-electron chi connectivity index (χ4n) is 2.81. The molecule has 1 N–H and O–H groups in total. The SMILES string of the molecule is COc1ccc(NC(=O)COc2ccc(/C=C/c3cccc[n+]3C)cc2OC)cc1. The molecular formula is C24H25N2O4+. The molecular weight excluding hydrogens is 380 g/mol. The Hall–Kier alpha value is -3.80. The van der Waals surface area contributed by atoms with Gasteiger partial charge in [-0.1, -0.05) is 6.07 Å². The van der Waals surface area contributed by atoms with Gasteiger partial charge in [0.25, 0.3) is 5.91 Å².